The fourth-order valence-corrected chi connectivity index (χ4v) is 3.74. The Morgan fingerprint density at radius 2 is 2.06 bits per heavy atom. The smallest absolute Gasteiger partial charge is 0.227 e. The van der Waals surface area contributed by atoms with Crippen LogP contribution < -0.4 is 5.32 Å². The number of benzene rings is 1. The Balaban J connectivity index is 1.70. The van der Waals surface area contributed by atoms with Crippen LogP contribution in [0.15, 0.2) is 28.7 Å². The van der Waals surface area contributed by atoms with E-state index in [1.807, 2.05) is 24.3 Å². The lowest BCUT2D eigenvalue weighted by molar-refractivity contribution is -0.121. The van der Waals surface area contributed by atoms with E-state index in [0.717, 1.165) is 22.5 Å². The van der Waals surface area contributed by atoms with Crippen LogP contribution in [0.5, 0.6) is 0 Å². The number of rotatable bonds is 2. The van der Waals surface area contributed by atoms with E-state index in [0.29, 0.717) is 5.92 Å². The fourth-order valence-electron chi connectivity index (χ4n) is 3.35. The summed E-state index contributed by atoms with van der Waals surface area (Å²) in [5.41, 5.74) is 0.889. The maximum Gasteiger partial charge on any atom is 0.227 e. The molecule has 0 saturated heterocycles. The molecule has 2 fully saturated rings. The first-order valence-corrected chi connectivity index (χ1v) is 7.08. The van der Waals surface area contributed by atoms with Crippen molar-refractivity contribution in [3.63, 3.8) is 0 Å². The molecule has 1 aromatic rings. The third-order valence-corrected chi connectivity index (χ3v) is 4.90. The van der Waals surface area contributed by atoms with Gasteiger partial charge >= 0.3 is 0 Å². The first kappa shape index (κ1) is 11.3. The standard InChI is InChI=1S/C14H16BrNO/c15-12-3-1-2-4-13(12)16-14(17)11-8-9-5-6-10(11)7-9/h1-4,9-11H,5-8H2,(H,16,17)/t9-,10+,11+/m0/s1. The molecule has 17 heavy (non-hydrogen) atoms. The number of halogens is 1. The Bertz CT molecular complexity index is 446. The van der Waals surface area contributed by atoms with Crippen LogP contribution in [0.1, 0.15) is 25.7 Å². The Labute approximate surface area is 110 Å². The summed E-state index contributed by atoms with van der Waals surface area (Å²) in [6.45, 7) is 0. The summed E-state index contributed by atoms with van der Waals surface area (Å²) in [5, 5.41) is 3.05. The quantitative estimate of drug-likeness (QED) is 0.882. The molecule has 0 unspecified atom stereocenters. The first-order chi connectivity index (χ1) is 8.24. The van der Waals surface area contributed by atoms with E-state index in [-0.39, 0.29) is 11.8 Å². The minimum absolute atomic E-state index is 0.212. The molecule has 2 aliphatic carbocycles. The molecular formula is C14H16BrNO. The summed E-state index contributed by atoms with van der Waals surface area (Å²) in [6.07, 6.45) is 4.96. The molecule has 1 N–H and O–H groups in total. The Kier molecular flexibility index (Phi) is 2.95. The number of anilines is 1. The van der Waals surface area contributed by atoms with Gasteiger partial charge in [0.1, 0.15) is 0 Å². The zero-order chi connectivity index (χ0) is 11.8. The van der Waals surface area contributed by atoms with Gasteiger partial charge in [0.05, 0.1) is 5.69 Å². The van der Waals surface area contributed by atoms with Crippen molar-refractivity contribution in [1.82, 2.24) is 0 Å². The second kappa shape index (κ2) is 4.45. The molecule has 3 rings (SSSR count). The molecule has 2 aliphatic rings. The van der Waals surface area contributed by atoms with Crippen molar-refractivity contribution in [1.29, 1.82) is 0 Å². The molecule has 2 bridgehead atoms. The molecule has 0 spiro atoms. The third kappa shape index (κ3) is 2.13. The van der Waals surface area contributed by atoms with Gasteiger partial charge in [-0.05, 0) is 59.2 Å². The fraction of sp³-hybridized carbons (Fsp3) is 0.500. The third-order valence-electron chi connectivity index (χ3n) is 4.21. The number of amides is 1. The molecule has 2 saturated carbocycles. The van der Waals surface area contributed by atoms with E-state index in [2.05, 4.69) is 21.2 Å². The lowest BCUT2D eigenvalue weighted by Crippen LogP contribution is -2.27. The zero-order valence-corrected chi connectivity index (χ0v) is 11.2. The molecule has 0 aliphatic heterocycles. The molecule has 0 radical (unpaired) electrons. The van der Waals surface area contributed by atoms with E-state index in [4.69, 9.17) is 0 Å². The molecule has 1 amide bonds. The average Bonchev–Trinajstić information content (AvgIpc) is 2.94. The summed E-state index contributed by atoms with van der Waals surface area (Å²) >= 11 is 3.46. The highest BCUT2D eigenvalue weighted by molar-refractivity contribution is 9.10. The van der Waals surface area contributed by atoms with Crippen molar-refractivity contribution in [2.75, 3.05) is 5.32 Å². The highest BCUT2D eigenvalue weighted by Gasteiger charge is 2.43. The summed E-state index contributed by atoms with van der Waals surface area (Å²) in [5.74, 6) is 1.92. The minimum Gasteiger partial charge on any atom is -0.325 e. The molecule has 3 heteroatoms. The number of carbonyl (C=O) groups excluding carboxylic acids is 1. The van der Waals surface area contributed by atoms with Crippen molar-refractivity contribution in [3.05, 3.63) is 28.7 Å². The number of hydrogen-bond donors (Lipinski definition) is 1. The highest BCUT2D eigenvalue weighted by atomic mass is 79.9. The van der Waals surface area contributed by atoms with Crippen LogP contribution in [-0.2, 0) is 4.79 Å². The molecule has 0 aromatic heterocycles. The monoisotopic (exact) mass is 293 g/mol. The van der Waals surface area contributed by atoms with E-state index >= 15 is 0 Å². The number of carbonyl (C=O) groups is 1. The van der Waals surface area contributed by atoms with Crippen molar-refractivity contribution < 1.29 is 4.79 Å². The highest BCUT2D eigenvalue weighted by Crippen LogP contribution is 2.48. The lowest BCUT2D eigenvalue weighted by Gasteiger charge is -2.21. The van der Waals surface area contributed by atoms with Crippen LogP contribution >= 0.6 is 15.9 Å². The summed E-state index contributed by atoms with van der Waals surface area (Å²) in [7, 11) is 0. The number of nitrogens with one attached hydrogen (secondary N) is 1. The summed E-state index contributed by atoms with van der Waals surface area (Å²) in [4.78, 5) is 12.2. The van der Waals surface area contributed by atoms with Gasteiger partial charge in [-0.2, -0.15) is 0 Å². The van der Waals surface area contributed by atoms with Gasteiger partial charge in [0.15, 0.2) is 0 Å². The molecule has 0 heterocycles. The van der Waals surface area contributed by atoms with Gasteiger partial charge in [0, 0.05) is 10.4 Å². The predicted octanol–water partition coefficient (Wildman–Crippen LogP) is 3.82. The molecule has 90 valence electrons. The molecule has 1 aromatic carbocycles. The Morgan fingerprint density at radius 1 is 1.24 bits per heavy atom. The average molecular weight is 294 g/mol. The van der Waals surface area contributed by atoms with E-state index in [9.17, 15) is 4.79 Å². The first-order valence-electron chi connectivity index (χ1n) is 6.29. The Hall–Kier alpha value is -0.830. The van der Waals surface area contributed by atoms with Crippen LogP contribution in [0, 0.1) is 17.8 Å². The zero-order valence-electron chi connectivity index (χ0n) is 9.66. The van der Waals surface area contributed by atoms with E-state index in [1.54, 1.807) is 0 Å². The van der Waals surface area contributed by atoms with Crippen LogP contribution in [0.3, 0.4) is 0 Å². The lowest BCUT2D eigenvalue weighted by atomic mass is 9.88. The Morgan fingerprint density at radius 3 is 2.71 bits per heavy atom. The minimum atomic E-state index is 0.212. The SMILES string of the molecule is O=C(Nc1ccccc1Br)[C@@H]1C[C@H]2CC[C@@H]1C2. The van der Waals surface area contributed by atoms with Gasteiger partial charge in [0.2, 0.25) is 5.91 Å². The van der Waals surface area contributed by atoms with Crippen molar-refractivity contribution in [2.24, 2.45) is 17.8 Å². The van der Waals surface area contributed by atoms with Gasteiger partial charge in [-0.25, -0.2) is 0 Å². The van der Waals surface area contributed by atoms with Gasteiger partial charge in [-0.3, -0.25) is 4.79 Å². The number of para-hydroxylation sites is 1. The number of hydrogen-bond acceptors (Lipinski definition) is 1. The van der Waals surface area contributed by atoms with Gasteiger partial charge in [-0.15, -0.1) is 0 Å². The van der Waals surface area contributed by atoms with E-state index in [1.165, 1.54) is 19.3 Å². The van der Waals surface area contributed by atoms with Gasteiger partial charge < -0.3 is 5.32 Å². The molecular weight excluding hydrogens is 278 g/mol. The topological polar surface area (TPSA) is 29.1 Å². The van der Waals surface area contributed by atoms with Crippen molar-refractivity contribution >= 4 is 27.5 Å². The maximum atomic E-state index is 12.2. The normalized spacial score (nSPS) is 30.5. The summed E-state index contributed by atoms with van der Waals surface area (Å²) in [6, 6.07) is 7.80. The van der Waals surface area contributed by atoms with Gasteiger partial charge in [0.25, 0.3) is 0 Å². The van der Waals surface area contributed by atoms with Crippen LogP contribution in [0.2, 0.25) is 0 Å². The molecule has 3 atom stereocenters. The predicted molar refractivity (Wildman–Crippen MR) is 71.7 cm³/mol. The largest absolute Gasteiger partial charge is 0.325 e. The number of fused-ring (bicyclic) bond motifs is 2. The van der Waals surface area contributed by atoms with Crippen LogP contribution in [0.4, 0.5) is 5.69 Å². The van der Waals surface area contributed by atoms with Gasteiger partial charge in [-0.1, -0.05) is 18.6 Å². The van der Waals surface area contributed by atoms with Crippen LogP contribution in [0.25, 0.3) is 0 Å². The second-order valence-electron chi connectivity index (χ2n) is 5.25. The second-order valence-corrected chi connectivity index (χ2v) is 6.10. The summed E-state index contributed by atoms with van der Waals surface area (Å²) < 4.78 is 0.955. The molecule has 2 nitrogen and oxygen atoms in total. The van der Waals surface area contributed by atoms with Crippen molar-refractivity contribution in [3.8, 4) is 0 Å². The maximum absolute atomic E-state index is 12.2. The van der Waals surface area contributed by atoms with Crippen LogP contribution in [-0.4, -0.2) is 5.91 Å². The van der Waals surface area contributed by atoms with Crippen molar-refractivity contribution in [2.45, 2.75) is 25.7 Å². The van der Waals surface area contributed by atoms with E-state index < -0.39 is 0 Å².